The first-order valence-electron chi connectivity index (χ1n) is 8.26. The van der Waals surface area contributed by atoms with E-state index in [1.54, 1.807) is 29.2 Å². The summed E-state index contributed by atoms with van der Waals surface area (Å²) in [7, 11) is 0. The third kappa shape index (κ3) is 4.95. The maximum absolute atomic E-state index is 12.6. The minimum absolute atomic E-state index is 0.263. The summed E-state index contributed by atoms with van der Waals surface area (Å²) in [6.45, 7) is 7.36. The number of carbonyl (C=O) groups excluding carboxylic acids is 1. The van der Waals surface area contributed by atoms with Crippen LogP contribution in [0.1, 0.15) is 32.9 Å². The van der Waals surface area contributed by atoms with Gasteiger partial charge in [0, 0.05) is 17.6 Å². The zero-order valence-electron chi connectivity index (χ0n) is 15.3. The number of thiazole rings is 1. The second-order valence-electron chi connectivity index (χ2n) is 6.29. The van der Waals surface area contributed by atoms with Crippen molar-refractivity contribution in [1.82, 2.24) is 4.98 Å². The van der Waals surface area contributed by atoms with Crippen LogP contribution < -0.4 is 15.0 Å². The zero-order valence-corrected chi connectivity index (χ0v) is 16.1. The first-order valence-corrected chi connectivity index (χ1v) is 9.14. The maximum atomic E-state index is 12.6. The molecule has 26 heavy (non-hydrogen) atoms. The van der Waals surface area contributed by atoms with Crippen molar-refractivity contribution in [3.05, 3.63) is 35.3 Å². The zero-order chi connectivity index (χ0) is 19.3. The van der Waals surface area contributed by atoms with E-state index in [-0.39, 0.29) is 6.03 Å². The fraction of sp³-hybridized carbons (Fsp3) is 0.389. The Labute approximate surface area is 156 Å². The number of aliphatic carboxylic acids is 1. The van der Waals surface area contributed by atoms with Crippen molar-refractivity contribution >= 4 is 34.2 Å². The van der Waals surface area contributed by atoms with Crippen LogP contribution in [-0.4, -0.2) is 34.2 Å². The fourth-order valence-electron chi connectivity index (χ4n) is 2.17. The van der Waals surface area contributed by atoms with E-state index < -0.39 is 11.6 Å². The van der Waals surface area contributed by atoms with Crippen LogP contribution in [0.2, 0.25) is 0 Å². The predicted molar refractivity (Wildman–Crippen MR) is 102 cm³/mol. The van der Waals surface area contributed by atoms with E-state index in [9.17, 15) is 9.59 Å². The van der Waals surface area contributed by atoms with Gasteiger partial charge in [0.05, 0.1) is 5.69 Å². The Balaban J connectivity index is 2.14. The second kappa shape index (κ2) is 8.18. The van der Waals surface area contributed by atoms with Gasteiger partial charge >= 0.3 is 12.0 Å². The summed E-state index contributed by atoms with van der Waals surface area (Å²) in [6, 6.07) is 6.51. The summed E-state index contributed by atoms with van der Waals surface area (Å²) in [5.74, 6) is -0.624. The van der Waals surface area contributed by atoms with E-state index in [2.05, 4.69) is 10.3 Å². The van der Waals surface area contributed by atoms with Crippen LogP contribution >= 0.6 is 11.3 Å². The number of rotatable bonds is 7. The number of carbonyl (C=O) groups is 2. The van der Waals surface area contributed by atoms with Crippen molar-refractivity contribution in [2.45, 2.75) is 39.7 Å². The molecule has 0 aliphatic heterocycles. The van der Waals surface area contributed by atoms with E-state index in [0.29, 0.717) is 23.1 Å². The van der Waals surface area contributed by atoms with Crippen molar-refractivity contribution < 1.29 is 19.4 Å². The molecule has 2 amide bonds. The SMILES string of the molecule is CCCN(C(=O)Nc1nc(C)cs1)c1ccc(OC(C)(C)C(=O)O)cc1. The Morgan fingerprint density at radius 2 is 1.96 bits per heavy atom. The molecule has 0 atom stereocenters. The Hall–Kier alpha value is -2.61. The molecule has 2 aromatic rings. The van der Waals surface area contributed by atoms with Gasteiger partial charge in [-0.2, -0.15) is 0 Å². The average molecular weight is 377 g/mol. The van der Waals surface area contributed by atoms with Crippen LogP contribution in [0.3, 0.4) is 0 Å². The van der Waals surface area contributed by atoms with Gasteiger partial charge in [0.2, 0.25) is 0 Å². The lowest BCUT2D eigenvalue weighted by atomic mass is 10.1. The molecule has 0 fully saturated rings. The predicted octanol–water partition coefficient (Wildman–Crippen LogP) is 4.14. The maximum Gasteiger partial charge on any atom is 0.347 e. The van der Waals surface area contributed by atoms with Gasteiger partial charge in [0.25, 0.3) is 0 Å². The van der Waals surface area contributed by atoms with Gasteiger partial charge in [-0.15, -0.1) is 11.3 Å². The molecular weight excluding hydrogens is 354 g/mol. The van der Waals surface area contributed by atoms with E-state index in [4.69, 9.17) is 9.84 Å². The van der Waals surface area contributed by atoms with Gasteiger partial charge in [0.1, 0.15) is 5.75 Å². The lowest BCUT2D eigenvalue weighted by Crippen LogP contribution is -2.38. The highest BCUT2D eigenvalue weighted by atomic mass is 32.1. The topological polar surface area (TPSA) is 91.8 Å². The quantitative estimate of drug-likeness (QED) is 0.756. The number of aryl methyl sites for hydroxylation is 1. The lowest BCUT2D eigenvalue weighted by Gasteiger charge is -2.24. The normalized spacial score (nSPS) is 11.1. The minimum Gasteiger partial charge on any atom is -0.478 e. The van der Waals surface area contributed by atoms with Crippen LogP contribution in [0, 0.1) is 6.92 Å². The summed E-state index contributed by atoms with van der Waals surface area (Å²) in [4.78, 5) is 29.6. The molecule has 0 saturated heterocycles. The highest BCUT2D eigenvalue weighted by Gasteiger charge is 2.29. The first-order chi connectivity index (χ1) is 12.2. The van der Waals surface area contributed by atoms with Crippen molar-refractivity contribution in [3.8, 4) is 5.75 Å². The number of amides is 2. The molecular formula is C18H23N3O4S. The third-order valence-electron chi connectivity index (χ3n) is 3.56. The fourth-order valence-corrected chi connectivity index (χ4v) is 2.85. The summed E-state index contributed by atoms with van der Waals surface area (Å²) in [6.07, 6.45) is 0.786. The Morgan fingerprint density at radius 3 is 2.46 bits per heavy atom. The summed E-state index contributed by atoms with van der Waals surface area (Å²) < 4.78 is 5.49. The molecule has 0 spiro atoms. The molecule has 0 saturated carbocycles. The largest absolute Gasteiger partial charge is 0.478 e. The van der Waals surface area contributed by atoms with Gasteiger partial charge in [0.15, 0.2) is 10.7 Å². The number of hydrogen-bond acceptors (Lipinski definition) is 5. The van der Waals surface area contributed by atoms with Crippen LogP contribution in [0.15, 0.2) is 29.6 Å². The minimum atomic E-state index is -1.33. The molecule has 0 bridgehead atoms. The van der Waals surface area contributed by atoms with E-state index in [0.717, 1.165) is 12.1 Å². The molecule has 0 unspecified atom stereocenters. The second-order valence-corrected chi connectivity index (χ2v) is 7.15. The number of carboxylic acids is 1. The molecule has 8 heteroatoms. The molecule has 0 radical (unpaired) electrons. The molecule has 1 aromatic heterocycles. The van der Waals surface area contributed by atoms with Gasteiger partial charge in [-0.05, 0) is 51.5 Å². The van der Waals surface area contributed by atoms with Crippen molar-refractivity contribution in [2.24, 2.45) is 0 Å². The number of nitrogens with one attached hydrogen (secondary N) is 1. The highest BCUT2D eigenvalue weighted by Crippen LogP contribution is 2.24. The number of anilines is 2. The van der Waals surface area contributed by atoms with Gasteiger partial charge in [-0.3, -0.25) is 10.2 Å². The molecule has 1 heterocycles. The van der Waals surface area contributed by atoms with Crippen LogP contribution in [0.25, 0.3) is 0 Å². The van der Waals surface area contributed by atoms with Crippen LogP contribution in [-0.2, 0) is 4.79 Å². The Bertz CT molecular complexity index is 771. The molecule has 0 aliphatic carbocycles. The molecule has 1 aromatic carbocycles. The van der Waals surface area contributed by atoms with Crippen molar-refractivity contribution in [1.29, 1.82) is 0 Å². The Morgan fingerprint density at radius 1 is 1.31 bits per heavy atom. The van der Waals surface area contributed by atoms with Crippen molar-refractivity contribution in [3.63, 3.8) is 0 Å². The van der Waals surface area contributed by atoms with E-state index in [1.165, 1.54) is 25.2 Å². The number of carboxylic acid groups (broad SMARTS) is 1. The molecule has 2 rings (SSSR count). The van der Waals surface area contributed by atoms with Crippen LogP contribution in [0.5, 0.6) is 5.75 Å². The number of urea groups is 1. The number of nitrogens with zero attached hydrogens (tertiary/aromatic N) is 2. The first kappa shape index (κ1) is 19.7. The number of benzene rings is 1. The van der Waals surface area contributed by atoms with E-state index in [1.807, 2.05) is 19.2 Å². The lowest BCUT2D eigenvalue weighted by molar-refractivity contribution is -0.152. The summed E-state index contributed by atoms with van der Waals surface area (Å²) in [5.41, 5.74) is 0.220. The summed E-state index contributed by atoms with van der Waals surface area (Å²) >= 11 is 1.37. The van der Waals surface area contributed by atoms with Crippen LogP contribution in [0.4, 0.5) is 15.6 Å². The van der Waals surface area contributed by atoms with Gasteiger partial charge in [-0.1, -0.05) is 6.92 Å². The van der Waals surface area contributed by atoms with Gasteiger partial charge in [-0.25, -0.2) is 14.6 Å². The highest BCUT2D eigenvalue weighted by molar-refractivity contribution is 7.13. The standard InChI is InChI=1S/C18H23N3O4S/c1-5-10-21(17(24)20-16-19-12(2)11-26-16)13-6-8-14(9-7-13)25-18(3,4)15(22)23/h6-9,11H,5,10H2,1-4H3,(H,22,23)(H,19,20,24). The molecule has 2 N–H and O–H groups in total. The summed E-state index contributed by atoms with van der Waals surface area (Å²) in [5, 5.41) is 14.4. The Kier molecular flexibility index (Phi) is 6.20. The molecule has 7 nitrogen and oxygen atoms in total. The number of hydrogen-bond donors (Lipinski definition) is 2. The number of aromatic nitrogens is 1. The molecule has 140 valence electrons. The molecule has 0 aliphatic rings. The monoisotopic (exact) mass is 377 g/mol. The van der Waals surface area contributed by atoms with E-state index >= 15 is 0 Å². The average Bonchev–Trinajstić information content (AvgIpc) is 2.98. The smallest absolute Gasteiger partial charge is 0.347 e. The van der Waals surface area contributed by atoms with Gasteiger partial charge < -0.3 is 9.84 Å². The third-order valence-corrected chi connectivity index (χ3v) is 4.44. The van der Waals surface area contributed by atoms with Crippen molar-refractivity contribution in [2.75, 3.05) is 16.8 Å². The number of ether oxygens (including phenoxy) is 1.